The molecule has 1 fully saturated rings. The third kappa shape index (κ3) is 4.30. The maximum atomic E-state index is 12.2. The number of carbonyl (C=O) groups is 1. The SMILES string of the molecule is CCCC1CCC(C2=N/C(=C\c3ccccc3OCC)C(=O)O2)CC1. The van der Waals surface area contributed by atoms with Crippen molar-refractivity contribution in [1.82, 2.24) is 0 Å². The largest absolute Gasteiger partial charge is 0.493 e. The van der Waals surface area contributed by atoms with Crippen LogP contribution in [0.4, 0.5) is 0 Å². The molecular formula is C21H27NO3. The zero-order valence-corrected chi connectivity index (χ0v) is 15.2. The van der Waals surface area contributed by atoms with Gasteiger partial charge in [0.1, 0.15) is 5.75 Å². The molecule has 3 rings (SSSR count). The molecule has 1 aliphatic carbocycles. The van der Waals surface area contributed by atoms with E-state index < -0.39 is 0 Å². The normalized spacial score (nSPS) is 25.0. The van der Waals surface area contributed by atoms with Crippen LogP contribution in [-0.2, 0) is 9.53 Å². The van der Waals surface area contributed by atoms with Crippen LogP contribution in [0.25, 0.3) is 6.08 Å². The Kier molecular flexibility index (Phi) is 5.90. The zero-order chi connectivity index (χ0) is 17.6. The number of aliphatic imine (C=N–C) groups is 1. The van der Waals surface area contributed by atoms with Gasteiger partial charge in [-0.2, -0.15) is 0 Å². The van der Waals surface area contributed by atoms with Crippen molar-refractivity contribution in [2.75, 3.05) is 6.61 Å². The Morgan fingerprint density at radius 3 is 2.68 bits per heavy atom. The van der Waals surface area contributed by atoms with Crippen molar-refractivity contribution in [3.05, 3.63) is 35.5 Å². The summed E-state index contributed by atoms with van der Waals surface area (Å²) in [6.45, 7) is 4.77. The number of hydrogen-bond acceptors (Lipinski definition) is 4. The first-order chi connectivity index (χ1) is 12.2. The van der Waals surface area contributed by atoms with Gasteiger partial charge in [-0.3, -0.25) is 0 Å². The first kappa shape index (κ1) is 17.7. The second-order valence-corrected chi connectivity index (χ2v) is 6.85. The van der Waals surface area contributed by atoms with Gasteiger partial charge in [-0.15, -0.1) is 0 Å². The van der Waals surface area contributed by atoms with E-state index in [-0.39, 0.29) is 11.9 Å². The molecule has 0 spiro atoms. The molecule has 4 heteroatoms. The van der Waals surface area contributed by atoms with Crippen LogP contribution in [0.1, 0.15) is 57.9 Å². The number of hydrogen-bond donors (Lipinski definition) is 0. The summed E-state index contributed by atoms with van der Waals surface area (Å²) in [6, 6.07) is 7.67. The van der Waals surface area contributed by atoms with Gasteiger partial charge < -0.3 is 9.47 Å². The lowest BCUT2D eigenvalue weighted by molar-refractivity contribution is -0.130. The molecule has 0 aromatic heterocycles. The van der Waals surface area contributed by atoms with Crippen molar-refractivity contribution in [1.29, 1.82) is 0 Å². The number of para-hydroxylation sites is 1. The predicted octanol–water partition coefficient (Wildman–Crippen LogP) is 4.99. The third-order valence-electron chi connectivity index (χ3n) is 5.04. The molecule has 134 valence electrons. The first-order valence-corrected chi connectivity index (χ1v) is 9.45. The number of rotatable bonds is 6. The highest BCUT2D eigenvalue weighted by Gasteiger charge is 2.32. The molecule has 0 N–H and O–H groups in total. The Morgan fingerprint density at radius 2 is 1.96 bits per heavy atom. The van der Waals surface area contributed by atoms with E-state index in [4.69, 9.17) is 9.47 Å². The number of nitrogens with zero attached hydrogens (tertiary/aromatic N) is 1. The van der Waals surface area contributed by atoms with Gasteiger partial charge in [0.2, 0.25) is 5.90 Å². The molecule has 0 atom stereocenters. The molecule has 0 amide bonds. The maximum absolute atomic E-state index is 12.2. The lowest BCUT2D eigenvalue weighted by atomic mass is 9.80. The summed E-state index contributed by atoms with van der Waals surface area (Å²) in [7, 11) is 0. The van der Waals surface area contributed by atoms with Crippen molar-refractivity contribution in [3.63, 3.8) is 0 Å². The van der Waals surface area contributed by atoms with Gasteiger partial charge in [-0.05, 0) is 50.7 Å². The smallest absolute Gasteiger partial charge is 0.363 e. The van der Waals surface area contributed by atoms with E-state index in [9.17, 15) is 4.79 Å². The minimum Gasteiger partial charge on any atom is -0.493 e. The molecule has 0 unspecified atom stereocenters. The monoisotopic (exact) mass is 341 g/mol. The fourth-order valence-corrected chi connectivity index (χ4v) is 3.74. The van der Waals surface area contributed by atoms with Gasteiger partial charge >= 0.3 is 5.97 Å². The highest BCUT2D eigenvalue weighted by atomic mass is 16.6. The maximum Gasteiger partial charge on any atom is 0.363 e. The van der Waals surface area contributed by atoms with Crippen molar-refractivity contribution in [3.8, 4) is 5.75 Å². The van der Waals surface area contributed by atoms with E-state index >= 15 is 0 Å². The molecule has 0 radical (unpaired) electrons. The summed E-state index contributed by atoms with van der Waals surface area (Å²) in [4.78, 5) is 16.7. The summed E-state index contributed by atoms with van der Waals surface area (Å²) >= 11 is 0. The molecule has 25 heavy (non-hydrogen) atoms. The number of ether oxygens (including phenoxy) is 2. The highest BCUT2D eigenvalue weighted by molar-refractivity contribution is 6.08. The quantitative estimate of drug-likeness (QED) is 0.541. The Morgan fingerprint density at radius 1 is 1.20 bits per heavy atom. The lowest BCUT2D eigenvalue weighted by Crippen LogP contribution is -2.22. The molecule has 1 aliphatic heterocycles. The second-order valence-electron chi connectivity index (χ2n) is 6.85. The average molecular weight is 341 g/mol. The number of esters is 1. The van der Waals surface area contributed by atoms with Crippen LogP contribution in [0.2, 0.25) is 0 Å². The van der Waals surface area contributed by atoms with Crippen molar-refractivity contribution in [2.45, 2.75) is 52.4 Å². The number of carbonyl (C=O) groups excluding carboxylic acids is 1. The van der Waals surface area contributed by atoms with Gasteiger partial charge in [0, 0.05) is 11.5 Å². The molecule has 0 bridgehead atoms. The van der Waals surface area contributed by atoms with Crippen molar-refractivity contribution < 1.29 is 14.3 Å². The van der Waals surface area contributed by atoms with E-state index in [1.807, 2.05) is 31.2 Å². The van der Waals surface area contributed by atoms with Gasteiger partial charge in [-0.1, -0.05) is 38.0 Å². The molecular weight excluding hydrogens is 314 g/mol. The summed E-state index contributed by atoms with van der Waals surface area (Å²) in [5.41, 5.74) is 1.23. The molecule has 4 nitrogen and oxygen atoms in total. The lowest BCUT2D eigenvalue weighted by Gasteiger charge is -2.27. The Balaban J connectivity index is 1.73. The van der Waals surface area contributed by atoms with Gasteiger partial charge in [-0.25, -0.2) is 9.79 Å². The van der Waals surface area contributed by atoms with Crippen LogP contribution in [-0.4, -0.2) is 18.5 Å². The van der Waals surface area contributed by atoms with Crippen LogP contribution in [0.15, 0.2) is 35.0 Å². The summed E-state index contributed by atoms with van der Waals surface area (Å²) < 4.78 is 11.1. The summed E-state index contributed by atoms with van der Waals surface area (Å²) in [5, 5.41) is 0. The van der Waals surface area contributed by atoms with Gasteiger partial charge in [0.15, 0.2) is 5.70 Å². The minimum absolute atomic E-state index is 0.282. The van der Waals surface area contributed by atoms with E-state index in [0.29, 0.717) is 18.2 Å². The van der Waals surface area contributed by atoms with Crippen LogP contribution in [0.5, 0.6) is 5.75 Å². The Hall–Kier alpha value is -2.10. The molecule has 1 saturated carbocycles. The number of cyclic esters (lactones) is 1. The van der Waals surface area contributed by atoms with E-state index in [1.165, 1.54) is 25.7 Å². The summed E-state index contributed by atoms with van der Waals surface area (Å²) in [6.07, 6.45) is 8.88. The Bertz CT molecular complexity index is 669. The standard InChI is InChI=1S/C21H27NO3/c1-3-7-15-10-12-16(13-11-15)20-22-18(21(23)25-20)14-17-8-5-6-9-19(17)24-4-2/h5-6,8-9,14-16H,3-4,7,10-13H2,1-2H3/b18-14-. The zero-order valence-electron chi connectivity index (χ0n) is 15.2. The fraction of sp³-hybridized carbons (Fsp3) is 0.524. The predicted molar refractivity (Wildman–Crippen MR) is 99.5 cm³/mol. The van der Waals surface area contributed by atoms with E-state index in [1.54, 1.807) is 6.08 Å². The van der Waals surface area contributed by atoms with E-state index in [0.717, 1.165) is 30.1 Å². The van der Waals surface area contributed by atoms with Crippen LogP contribution in [0.3, 0.4) is 0 Å². The minimum atomic E-state index is -0.350. The van der Waals surface area contributed by atoms with Crippen LogP contribution >= 0.6 is 0 Å². The Labute approximate surface area is 149 Å². The summed E-state index contributed by atoms with van der Waals surface area (Å²) in [5.74, 6) is 2.13. The average Bonchev–Trinajstić information content (AvgIpc) is 2.98. The topological polar surface area (TPSA) is 47.9 Å². The molecule has 2 aliphatic rings. The highest BCUT2D eigenvalue weighted by Crippen LogP contribution is 2.34. The molecule has 1 aromatic carbocycles. The second kappa shape index (κ2) is 8.32. The van der Waals surface area contributed by atoms with Crippen molar-refractivity contribution >= 4 is 17.9 Å². The van der Waals surface area contributed by atoms with Crippen LogP contribution < -0.4 is 4.74 Å². The van der Waals surface area contributed by atoms with E-state index in [2.05, 4.69) is 11.9 Å². The van der Waals surface area contributed by atoms with Gasteiger partial charge in [0.05, 0.1) is 6.61 Å². The van der Waals surface area contributed by atoms with Gasteiger partial charge in [0.25, 0.3) is 0 Å². The first-order valence-electron chi connectivity index (χ1n) is 9.45. The molecule has 0 saturated heterocycles. The third-order valence-corrected chi connectivity index (χ3v) is 5.04. The molecule has 1 heterocycles. The van der Waals surface area contributed by atoms with Crippen LogP contribution in [0, 0.1) is 11.8 Å². The fourth-order valence-electron chi connectivity index (χ4n) is 3.74. The van der Waals surface area contributed by atoms with Crippen molar-refractivity contribution in [2.24, 2.45) is 16.8 Å². The molecule has 1 aromatic rings. The number of benzene rings is 1.